The zero-order valence-electron chi connectivity index (χ0n) is 4.50. The molecule has 0 aliphatic rings. The van der Waals surface area contributed by atoms with Gasteiger partial charge in [-0.1, -0.05) is 37.8 Å². The molecule has 0 saturated carbocycles. The molecule has 1 aromatic carbocycles. The van der Waals surface area contributed by atoms with Crippen LogP contribution in [0.1, 0.15) is 7.43 Å². The van der Waals surface area contributed by atoms with E-state index in [0.717, 1.165) is 0 Å². The molecule has 1 nitrogen and oxygen atoms in total. The normalized spacial score (nSPS) is 6.67. The van der Waals surface area contributed by atoms with Crippen molar-refractivity contribution in [2.24, 2.45) is 0 Å². The molecule has 45 valence electrons. The molecule has 2 heteroatoms. The van der Waals surface area contributed by atoms with Gasteiger partial charge >= 0.3 is 27.7 Å². The molecule has 9 heavy (non-hydrogen) atoms. The summed E-state index contributed by atoms with van der Waals surface area (Å²) < 4.78 is 0. The van der Waals surface area contributed by atoms with Crippen molar-refractivity contribution in [2.45, 2.75) is 7.43 Å². The SMILES string of the molecule is C.[Hg+].[O-]c1ccccc1. The van der Waals surface area contributed by atoms with E-state index in [9.17, 15) is 5.11 Å². The first-order valence-electron chi connectivity index (χ1n) is 2.11. The van der Waals surface area contributed by atoms with Crippen molar-refractivity contribution in [1.29, 1.82) is 0 Å². The second kappa shape index (κ2) is 6.08. The fourth-order valence-corrected chi connectivity index (χ4v) is 0.420. The van der Waals surface area contributed by atoms with Crippen LogP contribution < -0.4 is 5.11 Å². The van der Waals surface area contributed by atoms with Gasteiger partial charge in [-0.05, 0) is 0 Å². The molecule has 0 spiro atoms. The van der Waals surface area contributed by atoms with Crippen LogP contribution in [0.25, 0.3) is 0 Å². The summed E-state index contributed by atoms with van der Waals surface area (Å²) in [5, 5.41) is 10.3. The quantitative estimate of drug-likeness (QED) is 0.664. The van der Waals surface area contributed by atoms with E-state index in [1.807, 2.05) is 6.07 Å². The Bertz CT molecular complexity index is 139. The van der Waals surface area contributed by atoms with E-state index in [4.69, 9.17) is 0 Å². The van der Waals surface area contributed by atoms with Crippen LogP contribution in [0.15, 0.2) is 30.3 Å². The number of benzene rings is 1. The van der Waals surface area contributed by atoms with Crippen LogP contribution in [0.4, 0.5) is 0 Å². The monoisotopic (exact) mass is 311 g/mol. The Kier molecular flexibility index (Phi) is 7.92. The summed E-state index contributed by atoms with van der Waals surface area (Å²) in [5.74, 6) is 0.0718. The van der Waals surface area contributed by atoms with Crippen molar-refractivity contribution >= 4 is 0 Å². The molecule has 1 radical (unpaired) electrons. The molecule has 0 bridgehead atoms. The summed E-state index contributed by atoms with van der Waals surface area (Å²) in [6, 6.07) is 8.33. The maximum absolute atomic E-state index is 10.3. The molecule has 0 N–H and O–H groups in total. The predicted molar refractivity (Wildman–Crippen MR) is 32.6 cm³/mol. The molecule has 0 atom stereocenters. The fraction of sp³-hybridized carbons (Fsp3) is 0.143. The Balaban J connectivity index is 0. The number of para-hydroxylation sites is 1. The van der Waals surface area contributed by atoms with Gasteiger partial charge in [-0.25, -0.2) is 0 Å². The minimum absolute atomic E-state index is 0. The second-order valence-corrected chi connectivity index (χ2v) is 1.31. The summed E-state index contributed by atoms with van der Waals surface area (Å²) in [6.07, 6.45) is 0. The van der Waals surface area contributed by atoms with Crippen LogP contribution in [0.3, 0.4) is 0 Å². The van der Waals surface area contributed by atoms with Gasteiger partial charge < -0.3 is 5.11 Å². The Morgan fingerprint density at radius 1 is 1.00 bits per heavy atom. The zero-order chi connectivity index (χ0) is 5.11. The van der Waals surface area contributed by atoms with Gasteiger partial charge in [0, 0.05) is 0 Å². The molecular weight excluding hydrogens is 301 g/mol. The minimum Gasteiger partial charge on any atom is -0.872 e. The van der Waals surface area contributed by atoms with E-state index in [-0.39, 0.29) is 40.8 Å². The maximum atomic E-state index is 10.3. The molecule has 0 aliphatic heterocycles. The Morgan fingerprint density at radius 3 is 1.67 bits per heavy atom. The van der Waals surface area contributed by atoms with Crippen molar-refractivity contribution in [3.05, 3.63) is 30.3 Å². The van der Waals surface area contributed by atoms with E-state index in [2.05, 4.69) is 0 Å². The molecular formula is C7H9HgO. The van der Waals surface area contributed by atoms with Gasteiger partial charge in [0.15, 0.2) is 0 Å². The van der Waals surface area contributed by atoms with Gasteiger partial charge in [0.2, 0.25) is 0 Å². The van der Waals surface area contributed by atoms with Crippen LogP contribution in [0.2, 0.25) is 0 Å². The molecule has 0 amide bonds. The standard InChI is InChI=1S/C6H6O.CH4.Hg/c7-6-4-2-1-3-5-6;;/h1-5,7H;1H4;/q;;+1/p-1. The summed E-state index contributed by atoms with van der Waals surface area (Å²) in [7, 11) is 0. The van der Waals surface area contributed by atoms with Crippen LogP contribution in [-0.4, -0.2) is 0 Å². The third kappa shape index (κ3) is 4.46. The molecule has 0 saturated heterocycles. The molecule has 0 heterocycles. The summed E-state index contributed by atoms with van der Waals surface area (Å²) >= 11 is 0. The van der Waals surface area contributed by atoms with Crippen molar-refractivity contribution in [3.63, 3.8) is 0 Å². The fourth-order valence-electron chi connectivity index (χ4n) is 0.420. The summed E-state index contributed by atoms with van der Waals surface area (Å²) in [4.78, 5) is 0. The molecule has 1 aromatic rings. The average Bonchev–Trinajstić information content (AvgIpc) is 1.69. The van der Waals surface area contributed by atoms with Crippen molar-refractivity contribution in [3.8, 4) is 5.75 Å². The summed E-state index contributed by atoms with van der Waals surface area (Å²) in [6.45, 7) is 0. The van der Waals surface area contributed by atoms with E-state index >= 15 is 0 Å². The molecule has 0 aromatic heterocycles. The topological polar surface area (TPSA) is 23.1 Å². The molecule has 0 fully saturated rings. The molecule has 0 unspecified atom stereocenters. The van der Waals surface area contributed by atoms with E-state index < -0.39 is 0 Å². The first-order valence-corrected chi connectivity index (χ1v) is 2.11. The Morgan fingerprint density at radius 2 is 1.44 bits per heavy atom. The third-order valence-electron chi connectivity index (χ3n) is 0.743. The van der Waals surface area contributed by atoms with Crippen molar-refractivity contribution in [2.75, 3.05) is 0 Å². The van der Waals surface area contributed by atoms with E-state index in [0.29, 0.717) is 0 Å². The van der Waals surface area contributed by atoms with Gasteiger partial charge in [0.1, 0.15) is 0 Å². The van der Waals surface area contributed by atoms with Crippen LogP contribution in [0.5, 0.6) is 5.75 Å². The third-order valence-corrected chi connectivity index (χ3v) is 0.743. The van der Waals surface area contributed by atoms with Crippen LogP contribution in [0, 0.1) is 0 Å². The van der Waals surface area contributed by atoms with Gasteiger partial charge in [0.25, 0.3) is 0 Å². The number of rotatable bonds is 0. The summed E-state index contributed by atoms with van der Waals surface area (Å²) in [5.41, 5.74) is 0. The smallest absolute Gasteiger partial charge is 0.872 e. The van der Waals surface area contributed by atoms with Crippen molar-refractivity contribution in [1.82, 2.24) is 0 Å². The van der Waals surface area contributed by atoms with Gasteiger partial charge in [-0.15, -0.1) is 5.75 Å². The zero-order valence-corrected chi connectivity index (χ0v) is 10.00. The van der Waals surface area contributed by atoms with E-state index in [1.54, 1.807) is 12.1 Å². The first-order chi connectivity index (χ1) is 3.39. The average molecular weight is 310 g/mol. The predicted octanol–water partition coefficient (Wildman–Crippen LogP) is 1.39. The van der Waals surface area contributed by atoms with Crippen LogP contribution >= 0.6 is 0 Å². The molecule has 0 aliphatic carbocycles. The van der Waals surface area contributed by atoms with Gasteiger partial charge in [-0.2, -0.15) is 0 Å². The number of hydrogen-bond donors (Lipinski definition) is 0. The maximum Gasteiger partial charge on any atom is 1.00 e. The van der Waals surface area contributed by atoms with Crippen LogP contribution in [-0.2, 0) is 27.7 Å². The number of hydrogen-bond acceptors (Lipinski definition) is 1. The Labute approximate surface area is 76.2 Å². The van der Waals surface area contributed by atoms with E-state index in [1.165, 1.54) is 12.1 Å². The minimum atomic E-state index is 0. The molecule has 1 rings (SSSR count). The van der Waals surface area contributed by atoms with Crippen molar-refractivity contribution < 1.29 is 32.8 Å². The largest absolute Gasteiger partial charge is 1.00 e. The first kappa shape index (κ1) is 11.7. The van der Waals surface area contributed by atoms with Gasteiger partial charge in [-0.3, -0.25) is 0 Å². The Hall–Kier alpha value is -0.0449. The van der Waals surface area contributed by atoms with Gasteiger partial charge in [0.05, 0.1) is 0 Å². The second-order valence-electron chi connectivity index (χ2n) is 1.31.